The van der Waals surface area contributed by atoms with E-state index in [0.717, 1.165) is 5.56 Å². The molecule has 7 heteroatoms. The summed E-state index contributed by atoms with van der Waals surface area (Å²) in [6.45, 7) is 0. The van der Waals surface area contributed by atoms with Gasteiger partial charge in [0.15, 0.2) is 5.58 Å². The summed E-state index contributed by atoms with van der Waals surface area (Å²) in [5, 5.41) is 0.627. The lowest BCUT2D eigenvalue weighted by atomic mass is 10.2. The molecule has 5 nitrogen and oxygen atoms in total. The maximum atomic E-state index is 12.4. The number of hydrogen-bond acceptors (Lipinski definition) is 4. The van der Waals surface area contributed by atoms with E-state index in [2.05, 4.69) is 9.71 Å². The summed E-state index contributed by atoms with van der Waals surface area (Å²) in [7, 11) is -3.66. The van der Waals surface area contributed by atoms with Crippen LogP contribution >= 0.6 is 11.6 Å². The minimum absolute atomic E-state index is 0.196. The van der Waals surface area contributed by atoms with Crippen LogP contribution in [-0.2, 0) is 10.0 Å². The van der Waals surface area contributed by atoms with Crippen LogP contribution in [0.25, 0.3) is 22.6 Å². The van der Waals surface area contributed by atoms with E-state index in [1.807, 2.05) is 12.1 Å². The van der Waals surface area contributed by atoms with E-state index in [0.29, 0.717) is 27.7 Å². The van der Waals surface area contributed by atoms with Crippen molar-refractivity contribution in [1.82, 2.24) is 4.98 Å². The Kier molecular flexibility index (Phi) is 4.14. The first kappa shape index (κ1) is 16.6. The molecule has 1 N–H and O–H groups in total. The number of fused-ring (bicyclic) bond motifs is 1. The van der Waals surface area contributed by atoms with E-state index in [-0.39, 0.29) is 4.90 Å². The van der Waals surface area contributed by atoms with Crippen molar-refractivity contribution < 1.29 is 12.8 Å². The normalized spacial score (nSPS) is 11.6. The van der Waals surface area contributed by atoms with Crippen molar-refractivity contribution in [2.24, 2.45) is 0 Å². The molecule has 0 saturated carbocycles. The largest absolute Gasteiger partial charge is 0.436 e. The molecule has 4 rings (SSSR count). The molecule has 130 valence electrons. The zero-order valence-electron chi connectivity index (χ0n) is 13.4. The van der Waals surface area contributed by atoms with Gasteiger partial charge >= 0.3 is 0 Å². The van der Waals surface area contributed by atoms with Gasteiger partial charge in [-0.15, -0.1) is 0 Å². The zero-order valence-corrected chi connectivity index (χ0v) is 15.0. The van der Waals surface area contributed by atoms with Crippen LogP contribution in [0.4, 0.5) is 5.69 Å². The number of aromatic nitrogens is 1. The Morgan fingerprint density at radius 3 is 2.38 bits per heavy atom. The molecule has 1 heterocycles. The summed E-state index contributed by atoms with van der Waals surface area (Å²) < 4.78 is 33.1. The molecule has 0 unspecified atom stereocenters. The van der Waals surface area contributed by atoms with Gasteiger partial charge in [0, 0.05) is 10.6 Å². The molecule has 0 fully saturated rings. The highest BCUT2D eigenvalue weighted by Gasteiger charge is 2.15. The fraction of sp³-hybridized carbons (Fsp3) is 0. The molecule has 0 aliphatic rings. The second-order valence-corrected chi connectivity index (χ2v) is 7.75. The lowest BCUT2D eigenvalue weighted by Crippen LogP contribution is -2.12. The SMILES string of the molecule is O=S(=O)(Nc1ccc2oc(-c3ccc(Cl)cc3)nc2c1)c1ccccc1. The minimum atomic E-state index is -3.66. The quantitative estimate of drug-likeness (QED) is 0.540. The first-order chi connectivity index (χ1) is 12.5. The van der Waals surface area contributed by atoms with Crippen LogP contribution in [0.3, 0.4) is 0 Å². The topological polar surface area (TPSA) is 72.2 Å². The molecule has 0 saturated heterocycles. The van der Waals surface area contributed by atoms with Gasteiger partial charge in [0.05, 0.1) is 10.6 Å². The standard InChI is InChI=1S/C19H13ClN2O3S/c20-14-8-6-13(7-9-14)19-21-17-12-15(10-11-18(17)25-19)22-26(23,24)16-4-2-1-3-5-16/h1-12,22H. The zero-order chi connectivity index (χ0) is 18.1. The number of sulfonamides is 1. The van der Waals surface area contributed by atoms with Crippen molar-refractivity contribution in [1.29, 1.82) is 0 Å². The average Bonchev–Trinajstić information content (AvgIpc) is 3.06. The summed E-state index contributed by atoms with van der Waals surface area (Å²) in [6, 6.07) is 20.3. The third kappa shape index (κ3) is 3.29. The van der Waals surface area contributed by atoms with Gasteiger partial charge < -0.3 is 4.42 Å². The second-order valence-electron chi connectivity index (χ2n) is 5.63. The number of halogens is 1. The number of oxazole rings is 1. The van der Waals surface area contributed by atoms with Gasteiger partial charge in [0.25, 0.3) is 10.0 Å². The Labute approximate surface area is 155 Å². The van der Waals surface area contributed by atoms with E-state index in [9.17, 15) is 8.42 Å². The summed E-state index contributed by atoms with van der Waals surface area (Å²) in [5.41, 5.74) is 2.33. The molecule has 1 aromatic heterocycles. The molecule has 0 spiro atoms. The van der Waals surface area contributed by atoms with Crippen molar-refractivity contribution >= 4 is 38.4 Å². The van der Waals surface area contributed by atoms with Crippen molar-refractivity contribution in [3.8, 4) is 11.5 Å². The predicted molar refractivity (Wildman–Crippen MR) is 102 cm³/mol. The lowest BCUT2D eigenvalue weighted by Gasteiger charge is -2.07. The number of benzene rings is 3. The minimum Gasteiger partial charge on any atom is -0.436 e. The molecule has 3 aromatic carbocycles. The highest BCUT2D eigenvalue weighted by Crippen LogP contribution is 2.27. The van der Waals surface area contributed by atoms with E-state index in [1.165, 1.54) is 12.1 Å². The van der Waals surface area contributed by atoms with Gasteiger partial charge in [-0.2, -0.15) is 0 Å². The monoisotopic (exact) mass is 384 g/mol. The molecule has 0 atom stereocenters. The number of rotatable bonds is 4. The van der Waals surface area contributed by atoms with Gasteiger partial charge in [0.1, 0.15) is 5.52 Å². The maximum absolute atomic E-state index is 12.4. The Balaban J connectivity index is 1.67. The van der Waals surface area contributed by atoms with Crippen LogP contribution in [0.1, 0.15) is 0 Å². The number of hydrogen-bond donors (Lipinski definition) is 1. The number of anilines is 1. The summed E-state index contributed by atoms with van der Waals surface area (Å²) in [6.07, 6.45) is 0. The van der Waals surface area contributed by atoms with Gasteiger partial charge in [-0.05, 0) is 54.6 Å². The molecule has 0 aliphatic carbocycles. The van der Waals surface area contributed by atoms with E-state index >= 15 is 0 Å². The van der Waals surface area contributed by atoms with E-state index in [4.69, 9.17) is 16.0 Å². The Hall–Kier alpha value is -2.83. The lowest BCUT2D eigenvalue weighted by molar-refractivity contribution is 0.601. The molecule has 0 aliphatic heterocycles. The van der Waals surface area contributed by atoms with Crippen molar-refractivity contribution in [2.75, 3.05) is 4.72 Å². The molecule has 4 aromatic rings. The van der Waals surface area contributed by atoms with Gasteiger partial charge in [-0.3, -0.25) is 4.72 Å². The fourth-order valence-electron chi connectivity index (χ4n) is 2.52. The molecule has 0 bridgehead atoms. The summed E-state index contributed by atoms with van der Waals surface area (Å²) in [4.78, 5) is 4.63. The first-order valence-corrected chi connectivity index (χ1v) is 9.62. The Bertz CT molecular complexity index is 1170. The predicted octanol–water partition coefficient (Wildman–Crippen LogP) is 4.95. The summed E-state index contributed by atoms with van der Waals surface area (Å²) >= 11 is 5.89. The van der Waals surface area contributed by atoms with Crippen LogP contribution < -0.4 is 4.72 Å². The van der Waals surface area contributed by atoms with Gasteiger partial charge in [-0.1, -0.05) is 29.8 Å². The third-order valence-electron chi connectivity index (χ3n) is 3.78. The molecular weight excluding hydrogens is 372 g/mol. The molecule has 0 radical (unpaired) electrons. The maximum Gasteiger partial charge on any atom is 0.261 e. The van der Waals surface area contributed by atoms with Crippen molar-refractivity contribution in [2.45, 2.75) is 4.90 Å². The van der Waals surface area contributed by atoms with Crippen molar-refractivity contribution in [3.05, 3.63) is 77.8 Å². The summed E-state index contributed by atoms with van der Waals surface area (Å²) in [5.74, 6) is 0.444. The average molecular weight is 385 g/mol. The number of nitrogens with one attached hydrogen (secondary N) is 1. The van der Waals surface area contributed by atoms with Gasteiger partial charge in [-0.25, -0.2) is 13.4 Å². The molecule has 26 heavy (non-hydrogen) atoms. The van der Waals surface area contributed by atoms with Gasteiger partial charge in [0.2, 0.25) is 5.89 Å². The van der Waals surface area contributed by atoms with Crippen LogP contribution in [0.15, 0.2) is 82.1 Å². The second kappa shape index (κ2) is 6.48. The highest BCUT2D eigenvalue weighted by atomic mass is 35.5. The molecule has 0 amide bonds. The van der Waals surface area contributed by atoms with Crippen LogP contribution in [-0.4, -0.2) is 13.4 Å². The first-order valence-electron chi connectivity index (χ1n) is 7.76. The Morgan fingerprint density at radius 2 is 1.65 bits per heavy atom. The van der Waals surface area contributed by atoms with Crippen LogP contribution in [0.5, 0.6) is 0 Å². The van der Waals surface area contributed by atoms with Crippen LogP contribution in [0, 0.1) is 0 Å². The highest BCUT2D eigenvalue weighted by molar-refractivity contribution is 7.92. The van der Waals surface area contributed by atoms with Crippen molar-refractivity contribution in [3.63, 3.8) is 0 Å². The van der Waals surface area contributed by atoms with E-state index < -0.39 is 10.0 Å². The fourth-order valence-corrected chi connectivity index (χ4v) is 3.72. The van der Waals surface area contributed by atoms with E-state index in [1.54, 1.807) is 48.5 Å². The van der Waals surface area contributed by atoms with Crippen LogP contribution in [0.2, 0.25) is 5.02 Å². The number of nitrogens with zero attached hydrogens (tertiary/aromatic N) is 1. The Morgan fingerprint density at radius 1 is 0.923 bits per heavy atom. The molecular formula is C19H13ClN2O3S. The smallest absolute Gasteiger partial charge is 0.261 e. The third-order valence-corrected chi connectivity index (χ3v) is 5.43.